The van der Waals surface area contributed by atoms with Gasteiger partial charge in [-0.1, -0.05) is 0 Å². The van der Waals surface area contributed by atoms with E-state index in [0.29, 0.717) is 32.7 Å². The predicted molar refractivity (Wildman–Crippen MR) is 105 cm³/mol. The van der Waals surface area contributed by atoms with Gasteiger partial charge in [-0.25, -0.2) is 0 Å². The normalized spacial score (nSPS) is 23.1. The van der Waals surface area contributed by atoms with E-state index in [4.69, 9.17) is 0 Å². The van der Waals surface area contributed by atoms with Crippen LogP contribution in [-0.2, 0) is 14.4 Å². The monoisotopic (exact) mass is 387 g/mol. The van der Waals surface area contributed by atoms with Crippen molar-refractivity contribution in [2.75, 3.05) is 43.9 Å². The van der Waals surface area contributed by atoms with Crippen LogP contribution in [0.5, 0.6) is 0 Å². The van der Waals surface area contributed by atoms with Gasteiger partial charge in [-0.2, -0.15) is 0 Å². The quantitative estimate of drug-likeness (QED) is 0.740. The van der Waals surface area contributed by atoms with Crippen LogP contribution < -0.4 is 4.90 Å². The molecule has 2 aliphatic heterocycles. The summed E-state index contributed by atoms with van der Waals surface area (Å²) in [6.45, 7) is 2.81. The molecule has 6 nitrogen and oxygen atoms in total. The summed E-state index contributed by atoms with van der Waals surface area (Å²) in [4.78, 5) is 44.1. The van der Waals surface area contributed by atoms with E-state index in [1.54, 1.807) is 16.7 Å². The van der Waals surface area contributed by atoms with Gasteiger partial charge < -0.3 is 14.7 Å². The Morgan fingerprint density at radius 2 is 1.48 bits per heavy atom. The van der Waals surface area contributed by atoms with Gasteiger partial charge in [-0.3, -0.25) is 14.4 Å². The lowest BCUT2D eigenvalue weighted by molar-refractivity contribution is -0.142. The van der Waals surface area contributed by atoms with Crippen molar-refractivity contribution in [3.63, 3.8) is 0 Å². The highest BCUT2D eigenvalue weighted by molar-refractivity contribution is 7.98. The average molecular weight is 388 g/mol. The predicted octanol–water partition coefficient (Wildman–Crippen LogP) is 1.84. The van der Waals surface area contributed by atoms with E-state index >= 15 is 0 Å². The van der Waals surface area contributed by atoms with Gasteiger partial charge in [0.1, 0.15) is 0 Å². The highest BCUT2D eigenvalue weighted by atomic mass is 32.2. The summed E-state index contributed by atoms with van der Waals surface area (Å²) in [5.41, 5.74) is 0.855. The molecule has 144 valence electrons. The van der Waals surface area contributed by atoms with Crippen LogP contribution >= 0.6 is 11.8 Å². The molecule has 1 aromatic rings. The number of hydrogen-bond acceptors (Lipinski definition) is 4. The van der Waals surface area contributed by atoms with E-state index in [9.17, 15) is 14.4 Å². The number of carbonyl (C=O) groups is 3. The van der Waals surface area contributed by atoms with Gasteiger partial charge in [0, 0.05) is 55.6 Å². The second kappa shape index (κ2) is 7.54. The molecule has 1 unspecified atom stereocenters. The lowest BCUT2D eigenvalue weighted by Gasteiger charge is -2.36. The molecule has 1 atom stereocenters. The summed E-state index contributed by atoms with van der Waals surface area (Å²) in [5.74, 6) is 0.241. The summed E-state index contributed by atoms with van der Waals surface area (Å²) in [6.07, 6.45) is 4.30. The minimum Gasteiger partial charge on any atom is -0.339 e. The number of amides is 3. The largest absolute Gasteiger partial charge is 0.339 e. The second-order valence-electron chi connectivity index (χ2n) is 7.53. The third-order valence-corrected chi connectivity index (χ3v) is 6.43. The van der Waals surface area contributed by atoms with E-state index in [-0.39, 0.29) is 36.0 Å². The van der Waals surface area contributed by atoms with Crippen LogP contribution in [0, 0.1) is 11.8 Å². The van der Waals surface area contributed by atoms with E-state index in [2.05, 4.69) is 0 Å². The Hall–Kier alpha value is -2.02. The Labute approximate surface area is 163 Å². The molecule has 7 heteroatoms. The summed E-state index contributed by atoms with van der Waals surface area (Å²) < 4.78 is 0. The van der Waals surface area contributed by atoms with Crippen LogP contribution in [-0.4, -0.2) is 66.5 Å². The fourth-order valence-corrected chi connectivity index (χ4v) is 4.29. The van der Waals surface area contributed by atoms with Crippen LogP contribution in [0.25, 0.3) is 0 Å². The highest BCUT2D eigenvalue weighted by Crippen LogP contribution is 2.32. The van der Waals surface area contributed by atoms with E-state index in [0.717, 1.165) is 23.4 Å². The van der Waals surface area contributed by atoms with Crippen molar-refractivity contribution in [3.8, 4) is 0 Å². The molecule has 3 fully saturated rings. The number of anilines is 1. The summed E-state index contributed by atoms with van der Waals surface area (Å²) in [7, 11) is 0. The highest BCUT2D eigenvalue weighted by Gasteiger charge is 2.39. The van der Waals surface area contributed by atoms with Crippen LogP contribution in [0.3, 0.4) is 0 Å². The lowest BCUT2D eigenvalue weighted by Crippen LogP contribution is -2.52. The molecule has 1 saturated carbocycles. The van der Waals surface area contributed by atoms with Gasteiger partial charge in [0.2, 0.25) is 17.7 Å². The van der Waals surface area contributed by atoms with Crippen molar-refractivity contribution < 1.29 is 14.4 Å². The first-order valence-corrected chi connectivity index (χ1v) is 10.8. The average Bonchev–Trinajstić information content (AvgIpc) is 3.49. The smallest absolute Gasteiger partial charge is 0.228 e. The maximum Gasteiger partial charge on any atom is 0.228 e. The SMILES string of the molecule is CSc1ccc(N2CC(C(=O)N3CCN(C(=O)C4CC4)CC3)CC2=O)cc1. The van der Waals surface area contributed by atoms with Crippen LogP contribution in [0.1, 0.15) is 19.3 Å². The molecule has 0 bridgehead atoms. The minimum atomic E-state index is -0.289. The molecular weight excluding hydrogens is 362 g/mol. The Morgan fingerprint density at radius 1 is 0.926 bits per heavy atom. The minimum absolute atomic E-state index is 0.00722. The molecule has 1 aromatic carbocycles. The van der Waals surface area contributed by atoms with E-state index in [1.807, 2.05) is 40.3 Å². The van der Waals surface area contributed by atoms with Crippen molar-refractivity contribution in [2.24, 2.45) is 11.8 Å². The zero-order valence-corrected chi connectivity index (χ0v) is 16.4. The topological polar surface area (TPSA) is 60.9 Å². The molecule has 0 radical (unpaired) electrons. The Bertz CT molecular complexity index is 739. The molecule has 0 aromatic heterocycles. The zero-order chi connectivity index (χ0) is 19.0. The molecule has 3 aliphatic rings. The lowest BCUT2D eigenvalue weighted by atomic mass is 10.1. The van der Waals surface area contributed by atoms with Crippen LogP contribution in [0.15, 0.2) is 29.2 Å². The zero-order valence-electron chi connectivity index (χ0n) is 15.6. The van der Waals surface area contributed by atoms with Gasteiger partial charge in [-0.15, -0.1) is 11.8 Å². The first-order chi connectivity index (χ1) is 13.1. The van der Waals surface area contributed by atoms with Crippen molar-refractivity contribution in [1.82, 2.24) is 9.80 Å². The third-order valence-electron chi connectivity index (χ3n) is 5.69. The summed E-state index contributed by atoms with van der Waals surface area (Å²) >= 11 is 1.66. The van der Waals surface area contributed by atoms with Crippen molar-refractivity contribution in [3.05, 3.63) is 24.3 Å². The molecule has 4 rings (SSSR count). The summed E-state index contributed by atoms with van der Waals surface area (Å²) in [6, 6.07) is 7.88. The molecule has 0 N–H and O–H groups in total. The first-order valence-electron chi connectivity index (χ1n) is 9.59. The molecule has 1 aliphatic carbocycles. The van der Waals surface area contributed by atoms with Crippen LogP contribution in [0.4, 0.5) is 5.69 Å². The molecule has 0 spiro atoms. The number of nitrogens with zero attached hydrogens (tertiary/aromatic N) is 3. The number of rotatable bonds is 4. The van der Waals surface area contributed by atoms with Gasteiger partial charge in [0.05, 0.1) is 5.92 Å². The molecule has 2 heterocycles. The Kier molecular flexibility index (Phi) is 5.12. The number of carbonyl (C=O) groups excluding carboxylic acids is 3. The maximum absolute atomic E-state index is 12.9. The van der Waals surface area contributed by atoms with Crippen LogP contribution in [0.2, 0.25) is 0 Å². The fourth-order valence-electron chi connectivity index (χ4n) is 3.88. The van der Waals surface area contributed by atoms with E-state index in [1.165, 1.54) is 0 Å². The van der Waals surface area contributed by atoms with Crippen molar-refractivity contribution >= 4 is 35.2 Å². The molecule has 27 heavy (non-hydrogen) atoms. The first kappa shape index (κ1) is 18.3. The van der Waals surface area contributed by atoms with Gasteiger partial charge in [0.25, 0.3) is 0 Å². The molecule has 2 saturated heterocycles. The standard InChI is InChI=1S/C20H25N3O3S/c1-27-17-6-4-16(5-7-17)23-13-15(12-18(23)24)20(26)22-10-8-21(9-11-22)19(25)14-2-3-14/h4-7,14-15H,2-3,8-13H2,1H3. The fraction of sp³-hybridized carbons (Fsp3) is 0.550. The molecular formula is C20H25N3O3S. The molecule has 3 amide bonds. The van der Waals surface area contributed by atoms with Gasteiger partial charge in [-0.05, 0) is 43.4 Å². The van der Waals surface area contributed by atoms with Crippen molar-refractivity contribution in [2.45, 2.75) is 24.2 Å². The van der Waals surface area contributed by atoms with Crippen molar-refractivity contribution in [1.29, 1.82) is 0 Å². The summed E-state index contributed by atoms with van der Waals surface area (Å²) in [5, 5.41) is 0. The number of benzene rings is 1. The Morgan fingerprint density at radius 3 is 2.00 bits per heavy atom. The van der Waals surface area contributed by atoms with E-state index < -0.39 is 0 Å². The third kappa shape index (κ3) is 3.83. The number of thioether (sulfide) groups is 1. The number of piperazine rings is 1. The van der Waals surface area contributed by atoms with Gasteiger partial charge >= 0.3 is 0 Å². The Balaban J connectivity index is 1.34. The second-order valence-corrected chi connectivity index (χ2v) is 8.41. The van der Waals surface area contributed by atoms with Gasteiger partial charge in [0.15, 0.2) is 0 Å². The maximum atomic E-state index is 12.9. The number of hydrogen-bond donors (Lipinski definition) is 0.